The number of halogens is 1. The normalized spacial score (nSPS) is 19.9. The molecule has 1 saturated heterocycles. The van der Waals surface area contributed by atoms with E-state index >= 15 is 0 Å². The van der Waals surface area contributed by atoms with Crippen molar-refractivity contribution in [2.75, 3.05) is 18.5 Å². The molecule has 3 rings (SSSR count). The van der Waals surface area contributed by atoms with Crippen LogP contribution in [-0.2, 0) is 11.2 Å². The quantitative estimate of drug-likeness (QED) is 0.897. The van der Waals surface area contributed by atoms with Gasteiger partial charge in [0.1, 0.15) is 5.75 Å². The van der Waals surface area contributed by atoms with Crippen molar-refractivity contribution in [1.29, 1.82) is 0 Å². The summed E-state index contributed by atoms with van der Waals surface area (Å²) in [5, 5.41) is 6.39. The zero-order valence-electron chi connectivity index (χ0n) is 11.5. The molecule has 2 N–H and O–H groups in total. The van der Waals surface area contributed by atoms with Gasteiger partial charge in [0.2, 0.25) is 5.91 Å². The first-order chi connectivity index (χ1) is 9.31. The van der Waals surface area contributed by atoms with E-state index in [1.54, 1.807) is 0 Å². The van der Waals surface area contributed by atoms with Crippen LogP contribution in [-0.4, -0.2) is 25.1 Å². The van der Waals surface area contributed by atoms with E-state index in [4.69, 9.17) is 4.74 Å². The van der Waals surface area contributed by atoms with Gasteiger partial charge in [0.05, 0.1) is 6.61 Å². The molecule has 0 aromatic heterocycles. The van der Waals surface area contributed by atoms with Crippen LogP contribution in [0.4, 0.5) is 5.69 Å². The lowest BCUT2D eigenvalue weighted by atomic mass is 10.1. The van der Waals surface area contributed by atoms with Crippen molar-refractivity contribution in [3.8, 4) is 5.75 Å². The Balaban J connectivity index is 0.00000147. The first-order valence-electron chi connectivity index (χ1n) is 7.10. The summed E-state index contributed by atoms with van der Waals surface area (Å²) in [6.45, 7) is 1.84. The van der Waals surface area contributed by atoms with Gasteiger partial charge in [-0.2, -0.15) is 0 Å². The number of rotatable bonds is 4. The molecule has 1 aromatic carbocycles. The SMILES string of the molecule is Cl.O=C(CCC1CCCN1)Nc1ccc2c(c1)CCO2. The molecule has 0 bridgehead atoms. The molecule has 0 aliphatic carbocycles. The molecule has 1 aromatic rings. The highest BCUT2D eigenvalue weighted by atomic mass is 35.5. The van der Waals surface area contributed by atoms with Gasteiger partial charge in [-0.15, -0.1) is 12.4 Å². The van der Waals surface area contributed by atoms with E-state index < -0.39 is 0 Å². The molecule has 1 amide bonds. The van der Waals surface area contributed by atoms with Crippen LogP contribution in [0, 0.1) is 0 Å². The summed E-state index contributed by atoms with van der Waals surface area (Å²) >= 11 is 0. The number of ether oxygens (including phenoxy) is 1. The van der Waals surface area contributed by atoms with Gasteiger partial charge in [-0.1, -0.05) is 0 Å². The molecule has 2 heterocycles. The van der Waals surface area contributed by atoms with Crippen LogP contribution in [0.3, 0.4) is 0 Å². The molecule has 5 heteroatoms. The van der Waals surface area contributed by atoms with Gasteiger partial charge in [0, 0.05) is 24.6 Å². The van der Waals surface area contributed by atoms with Crippen LogP contribution < -0.4 is 15.4 Å². The summed E-state index contributed by atoms with van der Waals surface area (Å²) in [6.07, 6.45) is 4.89. The molecule has 0 saturated carbocycles. The standard InChI is InChI=1S/C15H20N2O2.ClH/c18-15(6-4-12-2-1-8-16-12)17-13-3-5-14-11(10-13)7-9-19-14;/h3,5,10,12,16H,1-2,4,6-9H2,(H,17,18);1H. The number of carbonyl (C=O) groups is 1. The second-order valence-electron chi connectivity index (χ2n) is 5.30. The fourth-order valence-corrected chi connectivity index (χ4v) is 2.80. The summed E-state index contributed by atoms with van der Waals surface area (Å²) < 4.78 is 5.45. The van der Waals surface area contributed by atoms with E-state index in [0.717, 1.165) is 37.4 Å². The molecule has 2 aliphatic rings. The van der Waals surface area contributed by atoms with Gasteiger partial charge in [0.15, 0.2) is 0 Å². The highest BCUT2D eigenvalue weighted by Crippen LogP contribution is 2.27. The Kier molecular flexibility index (Phi) is 5.26. The third-order valence-corrected chi connectivity index (χ3v) is 3.86. The summed E-state index contributed by atoms with van der Waals surface area (Å²) in [5.41, 5.74) is 2.07. The maximum absolute atomic E-state index is 11.9. The zero-order valence-corrected chi connectivity index (χ0v) is 12.3. The Morgan fingerprint density at radius 2 is 2.35 bits per heavy atom. The van der Waals surface area contributed by atoms with Crippen molar-refractivity contribution in [1.82, 2.24) is 5.32 Å². The van der Waals surface area contributed by atoms with Gasteiger partial charge in [0.25, 0.3) is 0 Å². The summed E-state index contributed by atoms with van der Waals surface area (Å²) in [6, 6.07) is 6.40. The van der Waals surface area contributed by atoms with Crippen molar-refractivity contribution < 1.29 is 9.53 Å². The lowest BCUT2D eigenvalue weighted by Gasteiger charge is -2.10. The van der Waals surface area contributed by atoms with E-state index in [1.165, 1.54) is 18.4 Å². The number of hydrogen-bond acceptors (Lipinski definition) is 3. The lowest BCUT2D eigenvalue weighted by Crippen LogP contribution is -2.23. The highest BCUT2D eigenvalue weighted by Gasteiger charge is 2.16. The Morgan fingerprint density at radius 3 is 3.15 bits per heavy atom. The largest absolute Gasteiger partial charge is 0.493 e. The molecular weight excluding hydrogens is 276 g/mol. The van der Waals surface area contributed by atoms with Crippen molar-refractivity contribution in [3.05, 3.63) is 23.8 Å². The van der Waals surface area contributed by atoms with Gasteiger partial charge in [-0.3, -0.25) is 4.79 Å². The Bertz CT molecular complexity index is 473. The van der Waals surface area contributed by atoms with Crippen molar-refractivity contribution in [2.45, 2.75) is 38.1 Å². The smallest absolute Gasteiger partial charge is 0.224 e. The third kappa shape index (κ3) is 3.64. The van der Waals surface area contributed by atoms with Crippen LogP contribution >= 0.6 is 12.4 Å². The third-order valence-electron chi connectivity index (χ3n) is 3.86. The molecule has 20 heavy (non-hydrogen) atoms. The van der Waals surface area contributed by atoms with Crippen LogP contribution in [0.15, 0.2) is 18.2 Å². The van der Waals surface area contributed by atoms with E-state index in [-0.39, 0.29) is 18.3 Å². The average molecular weight is 297 g/mol. The van der Waals surface area contributed by atoms with Gasteiger partial charge in [-0.05, 0) is 49.6 Å². The molecule has 2 aliphatic heterocycles. The maximum atomic E-state index is 11.9. The van der Waals surface area contributed by atoms with Gasteiger partial charge >= 0.3 is 0 Å². The van der Waals surface area contributed by atoms with E-state index in [1.807, 2.05) is 18.2 Å². The summed E-state index contributed by atoms with van der Waals surface area (Å²) in [4.78, 5) is 11.9. The molecule has 1 atom stereocenters. The van der Waals surface area contributed by atoms with Crippen molar-refractivity contribution >= 4 is 24.0 Å². The second-order valence-corrected chi connectivity index (χ2v) is 5.30. The average Bonchev–Trinajstić information content (AvgIpc) is 3.07. The Morgan fingerprint density at radius 1 is 1.45 bits per heavy atom. The van der Waals surface area contributed by atoms with Crippen LogP contribution in [0.1, 0.15) is 31.2 Å². The van der Waals surface area contributed by atoms with Gasteiger partial charge in [-0.25, -0.2) is 0 Å². The molecule has 110 valence electrons. The Hall–Kier alpha value is -1.26. The van der Waals surface area contributed by atoms with Crippen molar-refractivity contribution in [2.24, 2.45) is 0 Å². The first-order valence-corrected chi connectivity index (χ1v) is 7.10. The van der Waals surface area contributed by atoms with Gasteiger partial charge < -0.3 is 15.4 Å². The minimum absolute atomic E-state index is 0. The molecule has 4 nitrogen and oxygen atoms in total. The van der Waals surface area contributed by atoms with Crippen LogP contribution in [0.5, 0.6) is 5.75 Å². The maximum Gasteiger partial charge on any atom is 0.224 e. The molecule has 0 radical (unpaired) electrons. The predicted molar refractivity (Wildman–Crippen MR) is 81.8 cm³/mol. The predicted octanol–water partition coefficient (Wildman–Crippen LogP) is 2.51. The minimum atomic E-state index is 0. The topological polar surface area (TPSA) is 50.4 Å². The minimum Gasteiger partial charge on any atom is -0.493 e. The highest BCUT2D eigenvalue weighted by molar-refractivity contribution is 5.90. The van der Waals surface area contributed by atoms with Crippen LogP contribution in [0.2, 0.25) is 0 Å². The first kappa shape index (κ1) is 15.1. The number of amides is 1. The monoisotopic (exact) mass is 296 g/mol. The summed E-state index contributed by atoms with van der Waals surface area (Å²) in [5.74, 6) is 1.06. The number of nitrogens with one attached hydrogen (secondary N) is 2. The summed E-state index contributed by atoms with van der Waals surface area (Å²) in [7, 11) is 0. The van der Waals surface area contributed by atoms with E-state index in [9.17, 15) is 4.79 Å². The molecule has 1 fully saturated rings. The number of benzene rings is 1. The zero-order chi connectivity index (χ0) is 13.1. The molecular formula is C15H21ClN2O2. The van der Waals surface area contributed by atoms with E-state index in [2.05, 4.69) is 10.6 Å². The van der Waals surface area contributed by atoms with Crippen LogP contribution in [0.25, 0.3) is 0 Å². The molecule has 1 unspecified atom stereocenters. The number of fused-ring (bicyclic) bond motifs is 1. The fourth-order valence-electron chi connectivity index (χ4n) is 2.80. The molecule has 0 spiro atoms. The fraction of sp³-hybridized carbons (Fsp3) is 0.533. The van der Waals surface area contributed by atoms with E-state index in [0.29, 0.717) is 12.5 Å². The number of anilines is 1. The number of carbonyl (C=O) groups excluding carboxylic acids is 1. The van der Waals surface area contributed by atoms with Crippen molar-refractivity contribution in [3.63, 3.8) is 0 Å². The Labute approximate surface area is 125 Å². The lowest BCUT2D eigenvalue weighted by molar-refractivity contribution is -0.116. The number of hydrogen-bond donors (Lipinski definition) is 2. The second kappa shape index (κ2) is 6.95.